The van der Waals surface area contributed by atoms with Gasteiger partial charge in [-0.05, 0) is 48.5 Å². The first-order chi connectivity index (χ1) is 13.7. The summed E-state index contributed by atoms with van der Waals surface area (Å²) in [6.07, 6.45) is 0. The lowest BCUT2D eigenvalue weighted by atomic mass is 10.2. The molecular formula is C20H20ClN3O3S2. The summed E-state index contributed by atoms with van der Waals surface area (Å²) in [6, 6.07) is 14.1. The summed E-state index contributed by atoms with van der Waals surface area (Å²) in [5, 5.41) is 0.949. The zero-order valence-corrected chi connectivity index (χ0v) is 18.3. The first-order valence-corrected chi connectivity index (χ1v) is 12.1. The number of rotatable bonds is 3. The summed E-state index contributed by atoms with van der Waals surface area (Å²) < 4.78 is 24.4. The molecule has 0 aliphatic carbocycles. The molecule has 2 aromatic rings. The van der Waals surface area contributed by atoms with Gasteiger partial charge in [-0.25, -0.2) is 8.42 Å². The first-order valence-electron chi connectivity index (χ1n) is 9.06. The number of fused-ring (bicyclic) bond motifs is 1. The minimum Gasteiger partial charge on any atom is -0.378 e. The quantitative estimate of drug-likeness (QED) is 0.715. The van der Waals surface area contributed by atoms with Crippen molar-refractivity contribution in [3.8, 4) is 0 Å². The Balaban J connectivity index is 1.70. The number of hydrogen-bond donors (Lipinski definition) is 0. The molecule has 2 aromatic carbocycles. The van der Waals surface area contributed by atoms with Crippen LogP contribution in [0.15, 0.2) is 53.5 Å². The number of carbonyl (C=O) groups excluding carboxylic acids is 1. The highest BCUT2D eigenvalue weighted by Crippen LogP contribution is 2.41. The van der Waals surface area contributed by atoms with Gasteiger partial charge in [-0.15, -0.1) is 0 Å². The number of amidine groups is 1. The highest BCUT2D eigenvalue weighted by Gasteiger charge is 2.49. The van der Waals surface area contributed by atoms with Crippen LogP contribution in [0.3, 0.4) is 0 Å². The van der Waals surface area contributed by atoms with Gasteiger partial charge >= 0.3 is 0 Å². The number of anilines is 2. The normalized spacial score (nSPS) is 24.0. The van der Waals surface area contributed by atoms with Crippen LogP contribution in [0.1, 0.15) is 10.4 Å². The molecule has 0 unspecified atom stereocenters. The Bertz CT molecular complexity index is 1070. The third kappa shape index (κ3) is 4.15. The van der Waals surface area contributed by atoms with E-state index in [1.165, 1.54) is 11.8 Å². The van der Waals surface area contributed by atoms with E-state index in [0.29, 0.717) is 15.8 Å². The highest BCUT2D eigenvalue weighted by molar-refractivity contribution is 8.16. The molecule has 2 atom stereocenters. The Morgan fingerprint density at radius 2 is 1.76 bits per heavy atom. The minimum atomic E-state index is -3.10. The van der Waals surface area contributed by atoms with E-state index in [9.17, 15) is 13.2 Å². The predicted octanol–water partition coefficient (Wildman–Crippen LogP) is 3.32. The summed E-state index contributed by atoms with van der Waals surface area (Å²) in [6.45, 7) is 0. The van der Waals surface area contributed by atoms with Crippen LogP contribution in [0, 0.1) is 0 Å². The minimum absolute atomic E-state index is 0.0637. The maximum atomic E-state index is 12.7. The Labute approximate surface area is 179 Å². The van der Waals surface area contributed by atoms with E-state index in [-0.39, 0.29) is 28.7 Å². The lowest BCUT2D eigenvalue weighted by molar-refractivity contribution is 0.100. The molecule has 2 aliphatic rings. The number of halogens is 1. The summed E-state index contributed by atoms with van der Waals surface area (Å²) in [7, 11) is 0.810. The van der Waals surface area contributed by atoms with Gasteiger partial charge in [0.15, 0.2) is 15.0 Å². The Morgan fingerprint density at radius 3 is 2.38 bits per heavy atom. The maximum Gasteiger partial charge on any atom is 0.279 e. The average molecular weight is 450 g/mol. The third-order valence-corrected chi connectivity index (χ3v) is 8.46. The van der Waals surface area contributed by atoms with Gasteiger partial charge in [0, 0.05) is 41.3 Å². The lowest BCUT2D eigenvalue weighted by Gasteiger charge is -2.25. The molecule has 6 nitrogen and oxygen atoms in total. The number of carbonyl (C=O) groups is 1. The van der Waals surface area contributed by atoms with Gasteiger partial charge in [-0.1, -0.05) is 23.4 Å². The monoisotopic (exact) mass is 449 g/mol. The zero-order chi connectivity index (χ0) is 20.8. The largest absolute Gasteiger partial charge is 0.378 e. The van der Waals surface area contributed by atoms with Crippen LogP contribution in [-0.2, 0) is 9.84 Å². The summed E-state index contributed by atoms with van der Waals surface area (Å²) >= 11 is 7.26. The van der Waals surface area contributed by atoms with Gasteiger partial charge in [0.25, 0.3) is 5.91 Å². The number of hydrogen-bond acceptors (Lipinski definition) is 5. The SMILES string of the molecule is CN(C)c1ccc(N2C(=NC(=O)c3ccc(Cl)cc3)S[C@H]3CS(=O)(=O)C[C@H]32)cc1. The molecule has 2 saturated heterocycles. The lowest BCUT2D eigenvalue weighted by Crippen LogP contribution is -2.37. The van der Waals surface area contributed by atoms with E-state index in [1.807, 2.05) is 48.2 Å². The van der Waals surface area contributed by atoms with Crippen molar-refractivity contribution in [1.82, 2.24) is 0 Å². The fourth-order valence-electron chi connectivity index (χ4n) is 3.52. The number of aliphatic imine (C=N–C) groups is 1. The van der Waals surface area contributed by atoms with E-state index in [0.717, 1.165) is 11.4 Å². The number of thioether (sulfide) groups is 1. The van der Waals surface area contributed by atoms with Crippen molar-refractivity contribution in [3.05, 3.63) is 59.1 Å². The summed E-state index contributed by atoms with van der Waals surface area (Å²) in [4.78, 5) is 20.9. The fraction of sp³-hybridized carbons (Fsp3) is 0.300. The molecule has 9 heteroatoms. The van der Waals surface area contributed by atoms with Crippen LogP contribution in [0.4, 0.5) is 11.4 Å². The standard InChI is InChI=1S/C20H20ClN3O3S2/c1-23(2)15-7-9-16(10-8-15)24-17-11-29(26,27)12-18(17)28-20(24)22-19(25)13-3-5-14(21)6-4-13/h3-10,17-18H,11-12H2,1-2H3/t17-,18+/m1/s1. The summed E-state index contributed by atoms with van der Waals surface area (Å²) in [5.74, 6) is -0.210. The molecule has 0 aromatic heterocycles. The second-order valence-electron chi connectivity index (χ2n) is 7.29. The van der Waals surface area contributed by atoms with Crippen LogP contribution < -0.4 is 9.80 Å². The smallest absolute Gasteiger partial charge is 0.279 e. The van der Waals surface area contributed by atoms with Gasteiger partial charge in [0.05, 0.1) is 17.5 Å². The van der Waals surface area contributed by atoms with Crippen LogP contribution in [0.2, 0.25) is 5.02 Å². The van der Waals surface area contributed by atoms with Crippen molar-refractivity contribution in [1.29, 1.82) is 0 Å². The molecular weight excluding hydrogens is 430 g/mol. The maximum absolute atomic E-state index is 12.7. The number of nitrogens with zero attached hydrogens (tertiary/aromatic N) is 3. The van der Waals surface area contributed by atoms with Crippen LogP contribution in [0.5, 0.6) is 0 Å². The van der Waals surface area contributed by atoms with Crippen molar-refractivity contribution >= 4 is 55.6 Å². The van der Waals surface area contributed by atoms with Gasteiger partial charge in [-0.3, -0.25) is 4.79 Å². The van der Waals surface area contributed by atoms with Crippen molar-refractivity contribution in [2.75, 3.05) is 35.4 Å². The van der Waals surface area contributed by atoms with E-state index in [2.05, 4.69) is 4.99 Å². The first kappa shape index (κ1) is 20.3. The molecule has 2 heterocycles. The van der Waals surface area contributed by atoms with Gasteiger partial charge in [-0.2, -0.15) is 4.99 Å². The molecule has 2 fully saturated rings. The van der Waals surface area contributed by atoms with E-state index < -0.39 is 9.84 Å². The predicted molar refractivity (Wildman–Crippen MR) is 120 cm³/mol. The van der Waals surface area contributed by atoms with E-state index in [1.54, 1.807) is 24.3 Å². The van der Waals surface area contributed by atoms with Crippen LogP contribution in [-0.4, -0.2) is 56.4 Å². The van der Waals surface area contributed by atoms with Crippen molar-refractivity contribution in [2.45, 2.75) is 11.3 Å². The van der Waals surface area contributed by atoms with Crippen molar-refractivity contribution in [3.63, 3.8) is 0 Å². The molecule has 0 saturated carbocycles. The molecule has 2 aliphatic heterocycles. The van der Waals surface area contributed by atoms with Gasteiger partial charge < -0.3 is 9.80 Å². The number of amides is 1. The van der Waals surface area contributed by atoms with Crippen LogP contribution in [0.25, 0.3) is 0 Å². The molecule has 29 heavy (non-hydrogen) atoms. The fourth-order valence-corrected chi connectivity index (χ4v) is 7.56. The summed E-state index contributed by atoms with van der Waals surface area (Å²) in [5.41, 5.74) is 2.30. The van der Waals surface area contributed by atoms with E-state index >= 15 is 0 Å². The van der Waals surface area contributed by atoms with Crippen LogP contribution >= 0.6 is 23.4 Å². The Morgan fingerprint density at radius 1 is 1.10 bits per heavy atom. The molecule has 0 spiro atoms. The van der Waals surface area contributed by atoms with Gasteiger partial charge in [0.2, 0.25) is 0 Å². The second-order valence-corrected chi connectivity index (χ2v) is 11.1. The zero-order valence-electron chi connectivity index (χ0n) is 15.9. The Hall–Kier alpha value is -2.03. The number of sulfone groups is 1. The number of benzene rings is 2. The molecule has 0 radical (unpaired) electrons. The Kier molecular flexibility index (Phi) is 5.35. The topological polar surface area (TPSA) is 70.0 Å². The molecule has 0 N–H and O–H groups in total. The second kappa shape index (κ2) is 7.66. The molecule has 0 bridgehead atoms. The van der Waals surface area contributed by atoms with Crippen molar-refractivity contribution in [2.24, 2.45) is 4.99 Å². The highest BCUT2D eigenvalue weighted by atomic mass is 35.5. The van der Waals surface area contributed by atoms with Crippen molar-refractivity contribution < 1.29 is 13.2 Å². The van der Waals surface area contributed by atoms with Gasteiger partial charge in [0.1, 0.15) is 0 Å². The third-order valence-electron chi connectivity index (χ3n) is 5.00. The van der Waals surface area contributed by atoms with E-state index in [4.69, 9.17) is 11.6 Å². The molecule has 152 valence electrons. The molecule has 4 rings (SSSR count). The molecule has 1 amide bonds. The average Bonchev–Trinajstić information content (AvgIpc) is 3.13.